The van der Waals surface area contributed by atoms with Gasteiger partial charge in [0, 0.05) is 29.0 Å². The van der Waals surface area contributed by atoms with E-state index in [0.717, 1.165) is 17.7 Å². The molecule has 19 heavy (non-hydrogen) atoms. The molecule has 0 radical (unpaired) electrons. The number of rotatable bonds is 5. The number of nitrogens with zero attached hydrogens (tertiary/aromatic N) is 1. The first-order chi connectivity index (χ1) is 9.24. The molecule has 1 aromatic carbocycles. The van der Waals surface area contributed by atoms with Crippen molar-refractivity contribution in [1.29, 1.82) is 0 Å². The van der Waals surface area contributed by atoms with Crippen molar-refractivity contribution in [3.8, 4) is 0 Å². The van der Waals surface area contributed by atoms with Crippen LogP contribution in [-0.2, 0) is 6.42 Å². The number of hydrogen-bond acceptors (Lipinski definition) is 4. The predicted molar refractivity (Wildman–Crippen MR) is 82.4 cm³/mol. The van der Waals surface area contributed by atoms with E-state index in [1.54, 1.807) is 18.0 Å². The van der Waals surface area contributed by atoms with E-state index in [-0.39, 0.29) is 6.04 Å². The summed E-state index contributed by atoms with van der Waals surface area (Å²) in [6.07, 6.45) is 6.49. The number of nitrogens with one attached hydrogen (secondary N) is 1. The molecular formula is C15H19N3S. The lowest BCUT2D eigenvalue weighted by molar-refractivity contribution is 0.591. The lowest BCUT2D eigenvalue weighted by Gasteiger charge is -2.18. The number of pyridine rings is 1. The Morgan fingerprint density at radius 2 is 2.00 bits per heavy atom. The van der Waals surface area contributed by atoms with E-state index in [0.29, 0.717) is 0 Å². The Hall–Kier alpha value is -1.52. The predicted octanol–water partition coefficient (Wildman–Crippen LogP) is 2.89. The summed E-state index contributed by atoms with van der Waals surface area (Å²) in [5.41, 5.74) is 9.12. The van der Waals surface area contributed by atoms with Crippen LogP contribution < -0.4 is 11.1 Å². The fourth-order valence-corrected chi connectivity index (χ4v) is 2.46. The van der Waals surface area contributed by atoms with Gasteiger partial charge in [-0.05, 0) is 49.1 Å². The van der Waals surface area contributed by atoms with Crippen LogP contribution in [0.3, 0.4) is 0 Å². The summed E-state index contributed by atoms with van der Waals surface area (Å²) in [5.74, 6) is 0. The van der Waals surface area contributed by atoms with Gasteiger partial charge in [-0.1, -0.05) is 12.1 Å². The van der Waals surface area contributed by atoms with Gasteiger partial charge in [0.1, 0.15) is 0 Å². The fourth-order valence-electron chi connectivity index (χ4n) is 2.05. The Balaban J connectivity index is 2.17. The average molecular weight is 273 g/mol. The van der Waals surface area contributed by atoms with Crippen molar-refractivity contribution in [1.82, 2.24) is 10.3 Å². The zero-order chi connectivity index (χ0) is 13.7. The number of nitrogens with two attached hydrogens (primary N) is 1. The van der Waals surface area contributed by atoms with E-state index in [4.69, 9.17) is 5.73 Å². The van der Waals surface area contributed by atoms with Crippen LogP contribution in [0.4, 0.5) is 5.69 Å². The maximum atomic E-state index is 5.98. The van der Waals surface area contributed by atoms with Gasteiger partial charge in [0.25, 0.3) is 0 Å². The highest BCUT2D eigenvalue weighted by Crippen LogP contribution is 2.23. The molecule has 1 heterocycles. The summed E-state index contributed by atoms with van der Waals surface area (Å²) in [6.45, 7) is 0. The van der Waals surface area contributed by atoms with Crippen molar-refractivity contribution in [2.75, 3.05) is 19.0 Å². The van der Waals surface area contributed by atoms with Gasteiger partial charge in [-0.3, -0.25) is 4.98 Å². The second-order valence-corrected chi connectivity index (χ2v) is 5.27. The van der Waals surface area contributed by atoms with Crippen LogP contribution in [0.5, 0.6) is 0 Å². The molecule has 100 valence electrons. The highest BCUT2D eigenvalue weighted by atomic mass is 32.2. The molecule has 0 aliphatic heterocycles. The van der Waals surface area contributed by atoms with Crippen LogP contribution in [0.25, 0.3) is 0 Å². The Morgan fingerprint density at radius 3 is 2.58 bits per heavy atom. The van der Waals surface area contributed by atoms with Gasteiger partial charge in [-0.2, -0.15) is 0 Å². The number of aromatic nitrogens is 1. The molecule has 0 spiro atoms. The average Bonchev–Trinajstić information content (AvgIpc) is 2.47. The number of thioether (sulfide) groups is 1. The quantitative estimate of drug-likeness (QED) is 0.823. The molecule has 2 rings (SSSR count). The summed E-state index contributed by atoms with van der Waals surface area (Å²) in [6, 6.07) is 10.7. The monoisotopic (exact) mass is 273 g/mol. The van der Waals surface area contributed by atoms with Crippen molar-refractivity contribution in [2.24, 2.45) is 0 Å². The molecule has 4 heteroatoms. The number of likely N-dealkylation sites (N-methyl/N-ethyl adjacent to an activating group) is 1. The molecule has 0 aliphatic carbocycles. The van der Waals surface area contributed by atoms with Crippen LogP contribution in [0, 0.1) is 0 Å². The summed E-state index contributed by atoms with van der Waals surface area (Å²) in [4.78, 5) is 5.42. The van der Waals surface area contributed by atoms with E-state index in [9.17, 15) is 0 Å². The molecule has 3 nitrogen and oxygen atoms in total. The number of benzene rings is 1. The molecule has 0 amide bonds. The first-order valence-electron chi connectivity index (χ1n) is 6.24. The third kappa shape index (κ3) is 3.49. The van der Waals surface area contributed by atoms with Gasteiger partial charge in [-0.15, -0.1) is 11.8 Å². The topological polar surface area (TPSA) is 50.9 Å². The Kier molecular flexibility index (Phi) is 4.82. The van der Waals surface area contributed by atoms with Crippen molar-refractivity contribution in [3.63, 3.8) is 0 Å². The van der Waals surface area contributed by atoms with E-state index in [1.807, 2.05) is 19.3 Å². The Labute approximate surface area is 118 Å². The van der Waals surface area contributed by atoms with Crippen LogP contribution in [0.15, 0.2) is 47.6 Å². The third-order valence-electron chi connectivity index (χ3n) is 3.23. The molecule has 0 saturated carbocycles. The van der Waals surface area contributed by atoms with Gasteiger partial charge in [0.15, 0.2) is 0 Å². The van der Waals surface area contributed by atoms with Crippen LogP contribution in [-0.4, -0.2) is 18.3 Å². The summed E-state index contributed by atoms with van der Waals surface area (Å²) in [5, 5.41) is 3.34. The van der Waals surface area contributed by atoms with Crippen LogP contribution in [0.1, 0.15) is 17.2 Å². The molecule has 3 N–H and O–H groups in total. The van der Waals surface area contributed by atoms with E-state index >= 15 is 0 Å². The van der Waals surface area contributed by atoms with Crippen molar-refractivity contribution >= 4 is 17.4 Å². The number of nitrogen functional groups attached to an aromatic ring is 1. The molecule has 1 unspecified atom stereocenters. The van der Waals surface area contributed by atoms with E-state index < -0.39 is 0 Å². The maximum Gasteiger partial charge on any atom is 0.0378 e. The van der Waals surface area contributed by atoms with E-state index in [2.05, 4.69) is 40.8 Å². The minimum atomic E-state index is 0.252. The summed E-state index contributed by atoms with van der Waals surface area (Å²) in [7, 11) is 1.97. The van der Waals surface area contributed by atoms with E-state index in [1.165, 1.54) is 10.5 Å². The van der Waals surface area contributed by atoms with Gasteiger partial charge < -0.3 is 11.1 Å². The molecule has 0 saturated heterocycles. The van der Waals surface area contributed by atoms with Crippen LogP contribution >= 0.6 is 11.8 Å². The molecular weight excluding hydrogens is 254 g/mol. The molecule has 0 aliphatic rings. The van der Waals surface area contributed by atoms with Gasteiger partial charge in [0.2, 0.25) is 0 Å². The van der Waals surface area contributed by atoms with Crippen LogP contribution in [0.2, 0.25) is 0 Å². The first-order valence-corrected chi connectivity index (χ1v) is 7.46. The Morgan fingerprint density at radius 1 is 1.26 bits per heavy atom. The van der Waals surface area contributed by atoms with Gasteiger partial charge >= 0.3 is 0 Å². The Bertz CT molecular complexity index is 525. The first kappa shape index (κ1) is 13.9. The lowest BCUT2D eigenvalue weighted by Crippen LogP contribution is -2.19. The highest BCUT2D eigenvalue weighted by molar-refractivity contribution is 7.98. The second kappa shape index (κ2) is 6.59. The van der Waals surface area contributed by atoms with Crippen molar-refractivity contribution in [2.45, 2.75) is 17.4 Å². The highest BCUT2D eigenvalue weighted by Gasteiger charge is 2.11. The largest absolute Gasteiger partial charge is 0.398 e. The minimum absolute atomic E-state index is 0.252. The van der Waals surface area contributed by atoms with Crippen molar-refractivity contribution in [3.05, 3.63) is 53.9 Å². The molecule has 0 bridgehead atoms. The standard InChI is InChI=1S/C15H19N3S/c1-17-15(9-12-10-18-8-7-14(12)16)11-3-5-13(19-2)6-4-11/h3-8,10,15,17H,9H2,1-2H3,(H2,16,18). The second-order valence-electron chi connectivity index (χ2n) is 4.39. The summed E-state index contributed by atoms with van der Waals surface area (Å²) < 4.78 is 0. The number of hydrogen-bond donors (Lipinski definition) is 2. The van der Waals surface area contributed by atoms with Gasteiger partial charge in [-0.25, -0.2) is 0 Å². The third-order valence-corrected chi connectivity index (χ3v) is 3.98. The maximum absolute atomic E-state index is 5.98. The zero-order valence-corrected chi connectivity index (χ0v) is 12.1. The number of anilines is 1. The zero-order valence-electron chi connectivity index (χ0n) is 11.3. The minimum Gasteiger partial charge on any atom is -0.398 e. The van der Waals surface area contributed by atoms with Crippen molar-refractivity contribution < 1.29 is 0 Å². The normalized spacial score (nSPS) is 12.3. The van der Waals surface area contributed by atoms with Gasteiger partial charge in [0.05, 0.1) is 0 Å². The molecule has 0 fully saturated rings. The molecule has 1 atom stereocenters. The fraction of sp³-hybridized carbons (Fsp3) is 0.267. The molecule has 2 aromatic rings. The lowest BCUT2D eigenvalue weighted by atomic mass is 9.99. The SMILES string of the molecule is CNC(Cc1cnccc1N)c1ccc(SC)cc1. The molecule has 1 aromatic heterocycles. The smallest absolute Gasteiger partial charge is 0.0378 e. The summed E-state index contributed by atoms with van der Waals surface area (Å²) >= 11 is 1.75.